The van der Waals surface area contributed by atoms with Crippen LogP contribution in [0.3, 0.4) is 0 Å². The van der Waals surface area contributed by atoms with Gasteiger partial charge in [0.15, 0.2) is 0 Å². The van der Waals surface area contributed by atoms with Crippen molar-refractivity contribution in [2.75, 3.05) is 5.32 Å². The molecule has 6 heteroatoms. The highest BCUT2D eigenvalue weighted by Crippen LogP contribution is 2.25. The van der Waals surface area contributed by atoms with Crippen LogP contribution in [-0.4, -0.2) is 16.1 Å². The first-order chi connectivity index (χ1) is 8.58. The Kier molecular flexibility index (Phi) is 3.43. The molecular formula is C12H8ClFN2O2. The SMILES string of the molecule is O=C(O)c1cnccc1Nc1cc(Cl)ccc1F. The Labute approximate surface area is 107 Å². The van der Waals surface area contributed by atoms with Crippen molar-refractivity contribution < 1.29 is 14.3 Å². The first-order valence-corrected chi connectivity index (χ1v) is 5.35. The Bertz CT molecular complexity index is 604. The molecule has 0 spiro atoms. The molecule has 0 atom stereocenters. The lowest BCUT2D eigenvalue weighted by atomic mass is 10.2. The number of benzene rings is 1. The third kappa shape index (κ3) is 2.57. The smallest absolute Gasteiger partial charge is 0.339 e. The highest BCUT2D eigenvalue weighted by molar-refractivity contribution is 6.30. The van der Waals surface area contributed by atoms with Gasteiger partial charge < -0.3 is 10.4 Å². The molecule has 0 aliphatic heterocycles. The molecule has 0 saturated carbocycles. The Morgan fingerprint density at radius 1 is 1.33 bits per heavy atom. The van der Waals surface area contributed by atoms with Crippen LogP contribution in [0.1, 0.15) is 10.4 Å². The minimum atomic E-state index is -1.15. The van der Waals surface area contributed by atoms with Gasteiger partial charge in [0.05, 0.1) is 11.4 Å². The maximum absolute atomic E-state index is 13.5. The van der Waals surface area contributed by atoms with Crippen LogP contribution < -0.4 is 5.32 Å². The van der Waals surface area contributed by atoms with E-state index in [9.17, 15) is 9.18 Å². The van der Waals surface area contributed by atoms with Gasteiger partial charge in [0.2, 0.25) is 0 Å². The Hall–Kier alpha value is -2.14. The van der Waals surface area contributed by atoms with Crippen molar-refractivity contribution in [3.63, 3.8) is 0 Å². The number of nitrogens with zero attached hydrogens (tertiary/aromatic N) is 1. The molecule has 0 fully saturated rings. The maximum atomic E-state index is 13.5. The van der Waals surface area contributed by atoms with Crippen molar-refractivity contribution in [2.24, 2.45) is 0 Å². The number of aromatic nitrogens is 1. The molecule has 4 nitrogen and oxygen atoms in total. The number of rotatable bonds is 3. The fourth-order valence-electron chi connectivity index (χ4n) is 1.41. The molecule has 1 aromatic carbocycles. The summed E-state index contributed by atoms with van der Waals surface area (Å²) in [6.07, 6.45) is 2.60. The number of hydrogen-bond acceptors (Lipinski definition) is 3. The summed E-state index contributed by atoms with van der Waals surface area (Å²) < 4.78 is 13.5. The fourth-order valence-corrected chi connectivity index (χ4v) is 1.58. The zero-order valence-corrected chi connectivity index (χ0v) is 9.78. The minimum absolute atomic E-state index is 0.0446. The summed E-state index contributed by atoms with van der Waals surface area (Å²) in [5.41, 5.74) is 0.312. The fraction of sp³-hybridized carbons (Fsp3) is 0. The molecule has 92 valence electrons. The molecule has 1 aromatic heterocycles. The highest BCUT2D eigenvalue weighted by Gasteiger charge is 2.11. The van der Waals surface area contributed by atoms with Gasteiger partial charge in [-0.1, -0.05) is 11.6 Å². The molecule has 0 bridgehead atoms. The number of halogens is 2. The summed E-state index contributed by atoms with van der Waals surface area (Å²) in [5, 5.41) is 12.0. The average molecular weight is 267 g/mol. The number of nitrogens with one attached hydrogen (secondary N) is 1. The van der Waals surface area contributed by atoms with Gasteiger partial charge >= 0.3 is 5.97 Å². The monoisotopic (exact) mass is 266 g/mol. The van der Waals surface area contributed by atoms with Gasteiger partial charge in [-0.25, -0.2) is 9.18 Å². The predicted octanol–water partition coefficient (Wildman–Crippen LogP) is 3.32. The number of hydrogen-bond donors (Lipinski definition) is 2. The molecule has 2 N–H and O–H groups in total. The molecule has 0 radical (unpaired) electrons. The van der Waals surface area contributed by atoms with Gasteiger partial charge in [-0.15, -0.1) is 0 Å². The van der Waals surface area contributed by atoms with Crippen LogP contribution in [0.4, 0.5) is 15.8 Å². The molecule has 0 unspecified atom stereocenters. The first-order valence-electron chi connectivity index (χ1n) is 4.97. The second kappa shape index (κ2) is 5.01. The Morgan fingerprint density at radius 3 is 2.83 bits per heavy atom. The number of pyridine rings is 1. The van der Waals surface area contributed by atoms with E-state index in [1.54, 1.807) is 0 Å². The topological polar surface area (TPSA) is 62.2 Å². The van der Waals surface area contributed by atoms with Crippen LogP contribution in [0.15, 0.2) is 36.7 Å². The van der Waals surface area contributed by atoms with Crippen molar-refractivity contribution in [1.82, 2.24) is 4.98 Å². The van der Waals surface area contributed by atoms with Crippen LogP contribution in [0.5, 0.6) is 0 Å². The van der Waals surface area contributed by atoms with Gasteiger partial charge in [0.1, 0.15) is 11.4 Å². The number of anilines is 2. The van der Waals surface area contributed by atoms with Gasteiger partial charge in [0.25, 0.3) is 0 Å². The summed E-state index contributed by atoms with van der Waals surface area (Å²) in [5.74, 6) is -1.67. The van der Waals surface area contributed by atoms with Crippen LogP contribution in [-0.2, 0) is 0 Å². The third-order valence-corrected chi connectivity index (χ3v) is 2.48. The second-order valence-corrected chi connectivity index (χ2v) is 3.91. The summed E-state index contributed by atoms with van der Waals surface area (Å²) in [4.78, 5) is 14.7. The summed E-state index contributed by atoms with van der Waals surface area (Å²) in [7, 11) is 0. The first kappa shape index (κ1) is 12.3. The number of carboxylic acid groups (broad SMARTS) is 1. The minimum Gasteiger partial charge on any atom is -0.478 e. The van der Waals surface area contributed by atoms with Crippen LogP contribution >= 0.6 is 11.6 Å². The largest absolute Gasteiger partial charge is 0.478 e. The normalized spacial score (nSPS) is 10.1. The van der Waals surface area contributed by atoms with Crippen LogP contribution in [0.25, 0.3) is 0 Å². The standard InChI is InChI=1S/C12H8ClFN2O2/c13-7-1-2-9(14)11(5-7)16-10-3-4-15-6-8(10)12(17)18/h1-6H,(H,15,16)(H,17,18). The zero-order chi connectivity index (χ0) is 13.1. The maximum Gasteiger partial charge on any atom is 0.339 e. The van der Waals surface area contributed by atoms with Gasteiger partial charge in [0, 0.05) is 17.4 Å². The van der Waals surface area contributed by atoms with E-state index in [-0.39, 0.29) is 16.9 Å². The molecule has 1 heterocycles. The molecular weight excluding hydrogens is 259 g/mol. The van der Waals surface area contributed by atoms with E-state index in [4.69, 9.17) is 16.7 Å². The number of carbonyl (C=O) groups is 1. The molecule has 0 aliphatic rings. The number of carboxylic acids is 1. The molecule has 2 aromatic rings. The Morgan fingerprint density at radius 2 is 2.11 bits per heavy atom. The van der Waals surface area contributed by atoms with Gasteiger partial charge in [-0.05, 0) is 24.3 Å². The van der Waals surface area contributed by atoms with E-state index in [2.05, 4.69) is 10.3 Å². The summed E-state index contributed by atoms with van der Waals surface area (Å²) in [6.45, 7) is 0. The average Bonchev–Trinajstić information content (AvgIpc) is 2.34. The van der Waals surface area contributed by atoms with Crippen LogP contribution in [0, 0.1) is 5.82 Å². The third-order valence-electron chi connectivity index (χ3n) is 2.25. The molecule has 0 saturated heterocycles. The summed E-state index contributed by atoms with van der Waals surface area (Å²) in [6, 6.07) is 5.44. The van der Waals surface area contributed by atoms with Gasteiger partial charge in [-0.2, -0.15) is 0 Å². The number of aromatic carboxylic acids is 1. The quantitative estimate of drug-likeness (QED) is 0.895. The van der Waals surface area contributed by atoms with Crippen molar-refractivity contribution >= 4 is 28.9 Å². The van der Waals surface area contributed by atoms with Crippen molar-refractivity contribution in [1.29, 1.82) is 0 Å². The molecule has 0 aliphatic carbocycles. The van der Waals surface area contributed by atoms with E-state index < -0.39 is 11.8 Å². The van der Waals surface area contributed by atoms with Crippen molar-refractivity contribution in [3.05, 3.63) is 53.1 Å². The van der Waals surface area contributed by atoms with Crippen LogP contribution in [0.2, 0.25) is 5.02 Å². The van der Waals surface area contributed by atoms with E-state index in [1.807, 2.05) is 0 Å². The molecule has 2 rings (SSSR count). The van der Waals surface area contributed by atoms with Gasteiger partial charge in [-0.3, -0.25) is 4.98 Å². The van der Waals surface area contributed by atoms with Crippen molar-refractivity contribution in [3.8, 4) is 0 Å². The summed E-state index contributed by atoms with van der Waals surface area (Å²) >= 11 is 5.75. The second-order valence-electron chi connectivity index (χ2n) is 3.48. The lowest BCUT2D eigenvalue weighted by molar-refractivity contribution is 0.0697. The van der Waals surface area contributed by atoms with E-state index >= 15 is 0 Å². The lowest BCUT2D eigenvalue weighted by Gasteiger charge is -2.10. The Balaban J connectivity index is 2.40. The zero-order valence-electron chi connectivity index (χ0n) is 9.02. The molecule has 18 heavy (non-hydrogen) atoms. The highest BCUT2D eigenvalue weighted by atomic mass is 35.5. The van der Waals surface area contributed by atoms with E-state index in [1.165, 1.54) is 36.7 Å². The van der Waals surface area contributed by atoms with Crippen molar-refractivity contribution in [2.45, 2.75) is 0 Å². The van der Waals surface area contributed by atoms with E-state index in [0.29, 0.717) is 5.02 Å². The lowest BCUT2D eigenvalue weighted by Crippen LogP contribution is -2.04. The van der Waals surface area contributed by atoms with E-state index in [0.717, 1.165) is 0 Å². The predicted molar refractivity (Wildman–Crippen MR) is 65.9 cm³/mol. The molecule has 0 amide bonds.